The fourth-order valence-corrected chi connectivity index (χ4v) is 1.47. The lowest BCUT2D eigenvalue weighted by molar-refractivity contribution is -0.123. The largest absolute Gasteiger partial charge is 0.370 e. The van der Waals surface area contributed by atoms with E-state index in [2.05, 4.69) is 24.5 Å². The molecule has 0 aliphatic carbocycles. The van der Waals surface area contributed by atoms with E-state index in [1.165, 1.54) is 0 Å². The van der Waals surface area contributed by atoms with Gasteiger partial charge >= 0.3 is 0 Å². The van der Waals surface area contributed by atoms with Crippen molar-refractivity contribution in [3.8, 4) is 0 Å². The summed E-state index contributed by atoms with van der Waals surface area (Å²) in [5.41, 5.74) is 5.04. The Morgan fingerprint density at radius 1 is 1.11 bits per heavy atom. The lowest BCUT2D eigenvalue weighted by Crippen LogP contribution is -2.43. The molecule has 0 heterocycles. The van der Waals surface area contributed by atoms with Crippen LogP contribution in [0, 0.1) is 5.92 Å². The molecule has 0 saturated carbocycles. The number of amides is 2. The van der Waals surface area contributed by atoms with Gasteiger partial charge in [0.15, 0.2) is 0 Å². The molecule has 0 fully saturated rings. The summed E-state index contributed by atoms with van der Waals surface area (Å²) in [5, 5.41) is 6.03. The predicted molar refractivity (Wildman–Crippen MR) is 73.0 cm³/mol. The van der Waals surface area contributed by atoms with E-state index in [1.54, 1.807) is 0 Å². The van der Waals surface area contributed by atoms with E-state index in [-0.39, 0.29) is 17.9 Å². The van der Waals surface area contributed by atoms with Crippen molar-refractivity contribution in [3.63, 3.8) is 0 Å². The standard InChI is InChI=1S/C13H27N3O2/c1-10(2)7-9-16-13(18)11(3)15-8-5-4-6-12(14)17/h10-11,15H,4-9H2,1-3H3,(H2,14,17)(H,16,18). The fourth-order valence-electron chi connectivity index (χ4n) is 1.47. The third-order valence-electron chi connectivity index (χ3n) is 2.71. The van der Waals surface area contributed by atoms with Gasteiger partial charge in [0, 0.05) is 13.0 Å². The van der Waals surface area contributed by atoms with Crippen LogP contribution in [0.15, 0.2) is 0 Å². The van der Waals surface area contributed by atoms with Crippen molar-refractivity contribution in [2.24, 2.45) is 11.7 Å². The van der Waals surface area contributed by atoms with Gasteiger partial charge in [-0.15, -0.1) is 0 Å². The molecule has 1 atom stereocenters. The Bertz CT molecular complexity index is 255. The van der Waals surface area contributed by atoms with Crippen molar-refractivity contribution in [2.45, 2.75) is 52.5 Å². The average molecular weight is 257 g/mol. The van der Waals surface area contributed by atoms with E-state index >= 15 is 0 Å². The average Bonchev–Trinajstić information content (AvgIpc) is 2.27. The minimum Gasteiger partial charge on any atom is -0.370 e. The maximum Gasteiger partial charge on any atom is 0.236 e. The molecular formula is C13H27N3O2. The van der Waals surface area contributed by atoms with Gasteiger partial charge in [0.2, 0.25) is 11.8 Å². The molecule has 2 amide bonds. The maximum atomic E-state index is 11.6. The number of rotatable bonds is 10. The van der Waals surface area contributed by atoms with Crippen LogP contribution in [0.2, 0.25) is 0 Å². The Kier molecular flexibility index (Phi) is 9.28. The van der Waals surface area contributed by atoms with Crippen LogP contribution in [0.25, 0.3) is 0 Å². The van der Waals surface area contributed by atoms with Crippen LogP contribution in [0.1, 0.15) is 46.5 Å². The SMILES string of the molecule is CC(C)CCNC(=O)C(C)NCCCCC(N)=O. The summed E-state index contributed by atoms with van der Waals surface area (Å²) in [5.74, 6) is 0.363. The minimum absolute atomic E-state index is 0.0329. The van der Waals surface area contributed by atoms with Crippen molar-refractivity contribution in [3.05, 3.63) is 0 Å². The highest BCUT2D eigenvalue weighted by Gasteiger charge is 2.10. The molecule has 4 N–H and O–H groups in total. The van der Waals surface area contributed by atoms with Crippen molar-refractivity contribution in [2.75, 3.05) is 13.1 Å². The molecule has 0 aromatic carbocycles. The third kappa shape index (κ3) is 10.1. The van der Waals surface area contributed by atoms with Crippen LogP contribution in [-0.2, 0) is 9.59 Å². The molecule has 0 aromatic heterocycles. The van der Waals surface area contributed by atoms with E-state index in [1.807, 2.05) is 6.92 Å². The molecule has 1 unspecified atom stereocenters. The van der Waals surface area contributed by atoms with Crippen LogP contribution in [0.3, 0.4) is 0 Å². The van der Waals surface area contributed by atoms with Crippen molar-refractivity contribution in [1.29, 1.82) is 0 Å². The maximum absolute atomic E-state index is 11.6. The lowest BCUT2D eigenvalue weighted by Gasteiger charge is -2.14. The molecule has 0 aliphatic rings. The van der Waals surface area contributed by atoms with E-state index in [0.29, 0.717) is 12.3 Å². The number of nitrogens with one attached hydrogen (secondary N) is 2. The summed E-state index contributed by atoms with van der Waals surface area (Å²) >= 11 is 0. The molecule has 0 radical (unpaired) electrons. The van der Waals surface area contributed by atoms with E-state index < -0.39 is 0 Å². The van der Waals surface area contributed by atoms with Gasteiger partial charge in [0.05, 0.1) is 6.04 Å². The van der Waals surface area contributed by atoms with Crippen molar-refractivity contribution >= 4 is 11.8 Å². The summed E-state index contributed by atoms with van der Waals surface area (Å²) in [6.45, 7) is 7.56. The number of unbranched alkanes of at least 4 members (excludes halogenated alkanes) is 1. The summed E-state index contributed by atoms with van der Waals surface area (Å²) in [6, 6.07) is -0.189. The molecular weight excluding hydrogens is 230 g/mol. The van der Waals surface area contributed by atoms with Gasteiger partial charge in [0.1, 0.15) is 0 Å². The van der Waals surface area contributed by atoms with E-state index in [4.69, 9.17) is 5.73 Å². The molecule has 18 heavy (non-hydrogen) atoms. The van der Waals surface area contributed by atoms with Crippen molar-refractivity contribution in [1.82, 2.24) is 10.6 Å². The van der Waals surface area contributed by atoms with Crippen LogP contribution in [-0.4, -0.2) is 30.9 Å². The summed E-state index contributed by atoms with van der Waals surface area (Å²) < 4.78 is 0. The zero-order valence-corrected chi connectivity index (χ0v) is 11.8. The van der Waals surface area contributed by atoms with Gasteiger partial charge in [-0.1, -0.05) is 13.8 Å². The second kappa shape index (κ2) is 9.88. The molecule has 0 saturated heterocycles. The molecule has 5 nitrogen and oxygen atoms in total. The number of primary amides is 1. The van der Waals surface area contributed by atoms with Crippen molar-refractivity contribution < 1.29 is 9.59 Å². The Labute approximate surface area is 110 Å². The van der Waals surface area contributed by atoms with Gasteiger partial charge in [0.25, 0.3) is 0 Å². The Hall–Kier alpha value is -1.10. The Balaban J connectivity index is 3.52. The topological polar surface area (TPSA) is 84.2 Å². The van der Waals surface area contributed by atoms with Gasteiger partial charge in [-0.25, -0.2) is 0 Å². The highest BCUT2D eigenvalue weighted by atomic mass is 16.2. The summed E-state index contributed by atoms with van der Waals surface area (Å²) in [6.07, 6.45) is 3.03. The number of nitrogens with two attached hydrogens (primary N) is 1. The number of hydrogen-bond acceptors (Lipinski definition) is 3. The number of carbonyl (C=O) groups is 2. The molecule has 0 bridgehead atoms. The molecule has 5 heteroatoms. The van der Waals surface area contributed by atoms with Gasteiger partial charge in [-0.3, -0.25) is 9.59 Å². The molecule has 0 rings (SSSR count). The van der Waals surface area contributed by atoms with Gasteiger partial charge < -0.3 is 16.4 Å². The zero-order chi connectivity index (χ0) is 14.0. The Morgan fingerprint density at radius 2 is 1.78 bits per heavy atom. The zero-order valence-electron chi connectivity index (χ0n) is 11.8. The Morgan fingerprint density at radius 3 is 2.33 bits per heavy atom. The predicted octanol–water partition coefficient (Wildman–Crippen LogP) is 0.782. The minimum atomic E-state index is -0.269. The second-order valence-corrected chi connectivity index (χ2v) is 5.07. The first-order valence-electron chi connectivity index (χ1n) is 6.73. The van der Waals surface area contributed by atoms with Crippen LogP contribution < -0.4 is 16.4 Å². The van der Waals surface area contributed by atoms with Gasteiger partial charge in [-0.2, -0.15) is 0 Å². The molecule has 0 spiro atoms. The number of hydrogen-bond donors (Lipinski definition) is 3. The third-order valence-corrected chi connectivity index (χ3v) is 2.71. The quantitative estimate of drug-likeness (QED) is 0.506. The molecule has 106 valence electrons. The molecule has 0 aliphatic heterocycles. The van der Waals surface area contributed by atoms with E-state index in [0.717, 1.165) is 32.4 Å². The normalized spacial score (nSPS) is 12.4. The highest BCUT2D eigenvalue weighted by Crippen LogP contribution is 1.97. The fraction of sp³-hybridized carbons (Fsp3) is 0.846. The highest BCUT2D eigenvalue weighted by molar-refractivity contribution is 5.81. The lowest BCUT2D eigenvalue weighted by atomic mass is 10.1. The smallest absolute Gasteiger partial charge is 0.236 e. The van der Waals surface area contributed by atoms with Gasteiger partial charge in [-0.05, 0) is 38.6 Å². The first-order chi connectivity index (χ1) is 8.43. The summed E-state index contributed by atoms with van der Waals surface area (Å²) in [4.78, 5) is 22.2. The summed E-state index contributed by atoms with van der Waals surface area (Å²) in [7, 11) is 0. The van der Waals surface area contributed by atoms with Crippen LogP contribution in [0.5, 0.6) is 0 Å². The van der Waals surface area contributed by atoms with E-state index in [9.17, 15) is 9.59 Å². The number of carbonyl (C=O) groups excluding carboxylic acids is 2. The van der Waals surface area contributed by atoms with Crippen LogP contribution in [0.4, 0.5) is 0 Å². The van der Waals surface area contributed by atoms with Crippen LogP contribution >= 0.6 is 0 Å². The monoisotopic (exact) mass is 257 g/mol. The second-order valence-electron chi connectivity index (χ2n) is 5.07. The first-order valence-corrected chi connectivity index (χ1v) is 6.73. The first kappa shape index (κ1) is 16.9. The molecule has 0 aromatic rings.